The monoisotopic (exact) mass is 338 g/mol. The highest BCUT2D eigenvalue weighted by molar-refractivity contribution is 9.10. The van der Waals surface area contributed by atoms with Gasteiger partial charge in [-0.1, -0.05) is 28.1 Å². The number of rotatable bonds is 6. The van der Waals surface area contributed by atoms with Crippen molar-refractivity contribution >= 4 is 15.9 Å². The highest BCUT2D eigenvalue weighted by Gasteiger charge is 2.15. The lowest BCUT2D eigenvalue weighted by Gasteiger charge is -2.17. The molecule has 5 heteroatoms. The highest BCUT2D eigenvalue weighted by Crippen LogP contribution is 2.22. The second-order valence-electron chi connectivity index (χ2n) is 4.61. The Labute approximate surface area is 127 Å². The SMILES string of the molecule is CCOC(C)c1nccn1CC(O)c1cccc(Br)c1. The molecule has 1 heterocycles. The van der Waals surface area contributed by atoms with Gasteiger partial charge in [-0.2, -0.15) is 0 Å². The number of nitrogens with zero attached hydrogens (tertiary/aromatic N) is 2. The van der Waals surface area contributed by atoms with Gasteiger partial charge in [-0.3, -0.25) is 0 Å². The van der Waals surface area contributed by atoms with E-state index < -0.39 is 6.10 Å². The second-order valence-corrected chi connectivity index (χ2v) is 5.52. The Balaban J connectivity index is 2.12. The maximum absolute atomic E-state index is 10.3. The molecule has 108 valence electrons. The first kappa shape index (κ1) is 15.2. The first-order chi connectivity index (χ1) is 9.61. The van der Waals surface area contributed by atoms with Crippen molar-refractivity contribution in [1.82, 2.24) is 9.55 Å². The summed E-state index contributed by atoms with van der Waals surface area (Å²) in [5.74, 6) is 0.834. The van der Waals surface area contributed by atoms with E-state index in [9.17, 15) is 5.11 Å². The van der Waals surface area contributed by atoms with Crippen LogP contribution < -0.4 is 0 Å². The van der Waals surface area contributed by atoms with Crippen molar-refractivity contribution in [2.45, 2.75) is 32.6 Å². The van der Waals surface area contributed by atoms with Gasteiger partial charge in [0.15, 0.2) is 0 Å². The first-order valence-corrected chi connectivity index (χ1v) is 7.47. The normalized spacial score (nSPS) is 14.2. The number of halogens is 1. The third-order valence-corrected chi connectivity index (χ3v) is 3.62. The van der Waals surface area contributed by atoms with Crippen molar-refractivity contribution in [2.24, 2.45) is 0 Å². The molecule has 0 amide bonds. The second kappa shape index (κ2) is 7.02. The molecular formula is C15H19BrN2O2. The predicted molar refractivity (Wildman–Crippen MR) is 81.4 cm³/mol. The van der Waals surface area contributed by atoms with E-state index in [1.807, 2.05) is 48.9 Å². The van der Waals surface area contributed by atoms with Crippen molar-refractivity contribution in [3.8, 4) is 0 Å². The van der Waals surface area contributed by atoms with Gasteiger partial charge in [0.1, 0.15) is 11.9 Å². The predicted octanol–water partition coefficient (Wildman–Crippen LogP) is 3.48. The molecule has 1 aromatic heterocycles. The van der Waals surface area contributed by atoms with E-state index in [1.165, 1.54) is 0 Å². The number of imidazole rings is 1. The molecule has 0 bridgehead atoms. The summed E-state index contributed by atoms with van der Waals surface area (Å²) < 4.78 is 8.46. The zero-order valence-corrected chi connectivity index (χ0v) is 13.2. The molecule has 0 radical (unpaired) electrons. The molecule has 0 spiro atoms. The molecule has 4 nitrogen and oxygen atoms in total. The van der Waals surface area contributed by atoms with Crippen LogP contribution in [-0.4, -0.2) is 21.3 Å². The first-order valence-electron chi connectivity index (χ1n) is 6.68. The lowest BCUT2D eigenvalue weighted by molar-refractivity contribution is 0.0644. The number of hydrogen-bond donors (Lipinski definition) is 1. The minimum atomic E-state index is -0.575. The smallest absolute Gasteiger partial charge is 0.137 e. The fourth-order valence-electron chi connectivity index (χ4n) is 2.16. The lowest BCUT2D eigenvalue weighted by atomic mass is 10.1. The zero-order chi connectivity index (χ0) is 14.5. The van der Waals surface area contributed by atoms with Crippen molar-refractivity contribution in [2.75, 3.05) is 6.61 Å². The third-order valence-electron chi connectivity index (χ3n) is 3.13. The Kier molecular flexibility index (Phi) is 5.34. The molecule has 0 aliphatic rings. The van der Waals surface area contributed by atoms with E-state index in [0.29, 0.717) is 13.2 Å². The molecule has 0 aliphatic heterocycles. The van der Waals surface area contributed by atoms with Gasteiger partial charge in [-0.05, 0) is 31.5 Å². The summed E-state index contributed by atoms with van der Waals surface area (Å²) in [5.41, 5.74) is 0.878. The van der Waals surface area contributed by atoms with E-state index in [-0.39, 0.29) is 6.10 Å². The average molecular weight is 339 g/mol. The molecule has 0 aliphatic carbocycles. The largest absolute Gasteiger partial charge is 0.387 e. The lowest BCUT2D eigenvalue weighted by Crippen LogP contribution is -2.14. The Bertz CT molecular complexity index is 556. The maximum Gasteiger partial charge on any atom is 0.137 e. The minimum absolute atomic E-state index is 0.0790. The molecule has 0 fully saturated rings. The number of aliphatic hydroxyl groups is 1. The van der Waals surface area contributed by atoms with Gasteiger partial charge in [0.25, 0.3) is 0 Å². The molecule has 0 saturated heterocycles. The van der Waals surface area contributed by atoms with Crippen LogP contribution in [-0.2, 0) is 11.3 Å². The molecule has 2 unspecified atom stereocenters. The summed E-state index contributed by atoms with van der Waals surface area (Å²) >= 11 is 3.42. The van der Waals surface area contributed by atoms with Gasteiger partial charge >= 0.3 is 0 Å². The topological polar surface area (TPSA) is 47.3 Å². The summed E-state index contributed by atoms with van der Waals surface area (Å²) in [5, 5.41) is 10.3. The Hall–Kier alpha value is -1.17. The third kappa shape index (κ3) is 3.69. The quantitative estimate of drug-likeness (QED) is 0.877. The maximum atomic E-state index is 10.3. The minimum Gasteiger partial charge on any atom is -0.387 e. The van der Waals surface area contributed by atoms with E-state index in [0.717, 1.165) is 15.9 Å². The van der Waals surface area contributed by atoms with Crippen LogP contribution in [0.1, 0.15) is 37.4 Å². The van der Waals surface area contributed by atoms with E-state index in [4.69, 9.17) is 4.74 Å². The molecule has 2 aromatic rings. The summed E-state index contributed by atoms with van der Waals surface area (Å²) in [6.45, 7) is 5.03. The van der Waals surface area contributed by atoms with Crippen LogP contribution >= 0.6 is 15.9 Å². The van der Waals surface area contributed by atoms with Crippen LogP contribution in [0.5, 0.6) is 0 Å². The van der Waals surface area contributed by atoms with Gasteiger partial charge in [0, 0.05) is 23.5 Å². The van der Waals surface area contributed by atoms with Gasteiger partial charge < -0.3 is 14.4 Å². The van der Waals surface area contributed by atoms with Crippen molar-refractivity contribution in [3.05, 3.63) is 52.5 Å². The number of hydrogen-bond acceptors (Lipinski definition) is 3. The molecule has 1 N–H and O–H groups in total. The Morgan fingerprint density at radius 1 is 1.45 bits per heavy atom. The van der Waals surface area contributed by atoms with Crippen molar-refractivity contribution in [1.29, 1.82) is 0 Å². The van der Waals surface area contributed by atoms with Gasteiger partial charge in [0.2, 0.25) is 0 Å². The molecule has 2 rings (SSSR count). The number of aliphatic hydroxyl groups excluding tert-OH is 1. The van der Waals surface area contributed by atoms with Crippen LogP contribution in [0.25, 0.3) is 0 Å². The van der Waals surface area contributed by atoms with E-state index in [2.05, 4.69) is 20.9 Å². The number of ether oxygens (including phenoxy) is 1. The molecule has 20 heavy (non-hydrogen) atoms. The van der Waals surface area contributed by atoms with E-state index >= 15 is 0 Å². The van der Waals surface area contributed by atoms with Crippen LogP contribution in [0.2, 0.25) is 0 Å². The van der Waals surface area contributed by atoms with Crippen LogP contribution in [0, 0.1) is 0 Å². The fourth-order valence-corrected chi connectivity index (χ4v) is 2.58. The molecule has 0 saturated carbocycles. The zero-order valence-electron chi connectivity index (χ0n) is 11.7. The van der Waals surface area contributed by atoms with E-state index in [1.54, 1.807) is 6.20 Å². The average Bonchev–Trinajstić information content (AvgIpc) is 2.87. The summed E-state index contributed by atoms with van der Waals surface area (Å²) in [6.07, 6.45) is 2.95. The van der Waals surface area contributed by atoms with Crippen LogP contribution in [0.4, 0.5) is 0 Å². The van der Waals surface area contributed by atoms with Crippen LogP contribution in [0.3, 0.4) is 0 Å². The molecular weight excluding hydrogens is 320 g/mol. The molecule has 1 aromatic carbocycles. The van der Waals surface area contributed by atoms with Gasteiger partial charge in [-0.15, -0.1) is 0 Å². The van der Waals surface area contributed by atoms with Gasteiger partial charge in [-0.25, -0.2) is 4.98 Å². The summed E-state index contributed by atoms with van der Waals surface area (Å²) in [7, 11) is 0. The highest BCUT2D eigenvalue weighted by atomic mass is 79.9. The van der Waals surface area contributed by atoms with Crippen molar-refractivity contribution in [3.63, 3.8) is 0 Å². The standard InChI is InChI=1S/C15H19BrN2O2/c1-3-20-11(2)15-17-7-8-18(15)10-14(19)12-5-4-6-13(16)9-12/h4-9,11,14,19H,3,10H2,1-2H3. The van der Waals surface area contributed by atoms with Gasteiger partial charge in [0.05, 0.1) is 12.6 Å². The van der Waals surface area contributed by atoms with Crippen LogP contribution in [0.15, 0.2) is 41.1 Å². The summed E-state index contributed by atoms with van der Waals surface area (Å²) in [4.78, 5) is 4.32. The molecule has 2 atom stereocenters. The number of aromatic nitrogens is 2. The number of benzene rings is 1. The Morgan fingerprint density at radius 2 is 2.25 bits per heavy atom. The Morgan fingerprint density at radius 3 is 2.95 bits per heavy atom. The fraction of sp³-hybridized carbons (Fsp3) is 0.400. The summed E-state index contributed by atoms with van der Waals surface area (Å²) in [6, 6.07) is 7.70. The van der Waals surface area contributed by atoms with Crippen molar-refractivity contribution < 1.29 is 9.84 Å².